The lowest BCUT2D eigenvalue weighted by molar-refractivity contribution is -0.123. The Balaban J connectivity index is 2.71. The number of nitrogen functional groups attached to an aromatic ring is 1. The smallest absolute Gasteiger partial charge is 0.231 e. The molecule has 0 spiro atoms. The highest BCUT2D eigenvalue weighted by atomic mass is 16.6. The van der Waals surface area contributed by atoms with E-state index in [1.54, 1.807) is 20.8 Å². The Morgan fingerprint density at radius 1 is 1.46 bits per heavy atom. The van der Waals surface area contributed by atoms with E-state index in [4.69, 9.17) is 5.73 Å². The molecule has 72 valence electrons. The van der Waals surface area contributed by atoms with Crippen LogP contribution in [-0.4, -0.2) is 16.2 Å². The van der Waals surface area contributed by atoms with Gasteiger partial charge in [-0.2, -0.15) is 0 Å². The van der Waals surface area contributed by atoms with E-state index in [-0.39, 0.29) is 17.5 Å². The number of rotatable bonds is 1. The van der Waals surface area contributed by atoms with E-state index in [1.807, 2.05) is 0 Å². The number of hydrogen-bond donors (Lipinski definition) is 2. The first-order valence-corrected chi connectivity index (χ1v) is 3.81. The molecule has 0 fully saturated rings. The van der Waals surface area contributed by atoms with Crippen LogP contribution in [0.2, 0.25) is 0 Å². The van der Waals surface area contributed by atoms with Gasteiger partial charge in [-0.05, 0) is 10.3 Å². The van der Waals surface area contributed by atoms with Crippen molar-refractivity contribution in [3.05, 3.63) is 0 Å². The summed E-state index contributed by atoms with van der Waals surface area (Å²) in [7, 11) is 0. The van der Waals surface area contributed by atoms with E-state index >= 15 is 0 Å². The predicted octanol–water partition coefficient (Wildman–Crippen LogP) is 0.636. The van der Waals surface area contributed by atoms with Gasteiger partial charge >= 0.3 is 0 Å². The number of nitrogens with two attached hydrogens (primary N) is 1. The second-order valence-corrected chi connectivity index (χ2v) is 3.70. The maximum absolute atomic E-state index is 11.4. The second-order valence-electron chi connectivity index (χ2n) is 3.70. The molecule has 0 radical (unpaired) electrons. The van der Waals surface area contributed by atoms with Crippen molar-refractivity contribution in [2.24, 2.45) is 5.41 Å². The van der Waals surface area contributed by atoms with Gasteiger partial charge in [-0.1, -0.05) is 20.8 Å². The minimum Gasteiger partial charge on any atom is -0.378 e. The van der Waals surface area contributed by atoms with E-state index in [1.165, 1.54) is 0 Å². The van der Waals surface area contributed by atoms with Crippen LogP contribution in [0.15, 0.2) is 4.63 Å². The summed E-state index contributed by atoms with van der Waals surface area (Å²) in [6, 6.07) is 0. The zero-order valence-electron chi connectivity index (χ0n) is 7.79. The third kappa shape index (κ3) is 2.17. The van der Waals surface area contributed by atoms with Crippen LogP contribution in [0.5, 0.6) is 0 Å². The first-order valence-electron chi connectivity index (χ1n) is 3.81. The van der Waals surface area contributed by atoms with Crippen LogP contribution >= 0.6 is 0 Å². The van der Waals surface area contributed by atoms with Gasteiger partial charge in [0.1, 0.15) is 0 Å². The van der Waals surface area contributed by atoms with Crippen molar-refractivity contribution in [3.63, 3.8) is 0 Å². The van der Waals surface area contributed by atoms with Crippen molar-refractivity contribution in [2.75, 3.05) is 11.1 Å². The SMILES string of the molecule is CC(C)(C)C(=O)Nc1nonc1N. The number of anilines is 2. The monoisotopic (exact) mass is 184 g/mol. The molecule has 6 nitrogen and oxygen atoms in total. The summed E-state index contributed by atoms with van der Waals surface area (Å²) in [6.45, 7) is 5.35. The van der Waals surface area contributed by atoms with Gasteiger partial charge in [0.05, 0.1) is 0 Å². The van der Waals surface area contributed by atoms with E-state index in [2.05, 4.69) is 20.3 Å². The van der Waals surface area contributed by atoms with Crippen LogP contribution in [0.4, 0.5) is 11.6 Å². The van der Waals surface area contributed by atoms with Gasteiger partial charge in [0.25, 0.3) is 0 Å². The summed E-state index contributed by atoms with van der Waals surface area (Å²) in [5.74, 6) is 0.0624. The standard InChI is InChI=1S/C7H12N4O2/c1-7(2,3)6(12)9-5-4(8)10-13-11-5/h1-3H3,(H2,8,10)(H,9,11,12). The van der Waals surface area contributed by atoms with Gasteiger partial charge in [0, 0.05) is 5.41 Å². The normalized spacial score (nSPS) is 11.3. The highest BCUT2D eigenvalue weighted by Crippen LogP contribution is 2.18. The van der Waals surface area contributed by atoms with Gasteiger partial charge < -0.3 is 11.1 Å². The highest BCUT2D eigenvalue weighted by molar-refractivity contribution is 5.95. The molecule has 0 bridgehead atoms. The van der Waals surface area contributed by atoms with Gasteiger partial charge in [-0.15, -0.1) is 0 Å². The summed E-state index contributed by atoms with van der Waals surface area (Å²) in [6.07, 6.45) is 0. The van der Waals surface area contributed by atoms with Gasteiger partial charge in [-0.3, -0.25) is 4.79 Å². The fraction of sp³-hybridized carbons (Fsp3) is 0.571. The molecule has 1 rings (SSSR count). The predicted molar refractivity (Wildman–Crippen MR) is 46.8 cm³/mol. The Morgan fingerprint density at radius 2 is 2.08 bits per heavy atom. The molecule has 0 aromatic carbocycles. The van der Waals surface area contributed by atoms with Crippen molar-refractivity contribution in [2.45, 2.75) is 20.8 Å². The molecule has 1 aromatic rings. The summed E-state index contributed by atoms with van der Waals surface area (Å²) < 4.78 is 4.32. The average Bonchev–Trinajstić information content (AvgIpc) is 2.34. The highest BCUT2D eigenvalue weighted by Gasteiger charge is 2.23. The molecule has 1 aromatic heterocycles. The van der Waals surface area contributed by atoms with Crippen molar-refractivity contribution < 1.29 is 9.42 Å². The van der Waals surface area contributed by atoms with Crippen LogP contribution in [0, 0.1) is 5.41 Å². The number of carbonyl (C=O) groups is 1. The van der Waals surface area contributed by atoms with Crippen LogP contribution in [-0.2, 0) is 4.79 Å². The van der Waals surface area contributed by atoms with E-state index < -0.39 is 5.41 Å². The summed E-state index contributed by atoms with van der Waals surface area (Å²) in [5, 5.41) is 9.25. The van der Waals surface area contributed by atoms with Crippen molar-refractivity contribution in [3.8, 4) is 0 Å². The van der Waals surface area contributed by atoms with E-state index in [9.17, 15) is 4.79 Å². The van der Waals surface area contributed by atoms with Crippen LogP contribution in [0.1, 0.15) is 20.8 Å². The van der Waals surface area contributed by atoms with E-state index in [0.29, 0.717) is 0 Å². The molecule has 0 aliphatic rings. The number of carbonyl (C=O) groups excluding carboxylic acids is 1. The second kappa shape index (κ2) is 3.04. The molecule has 0 aliphatic heterocycles. The molecular formula is C7H12N4O2. The molecule has 1 amide bonds. The molecule has 0 atom stereocenters. The third-order valence-electron chi connectivity index (χ3n) is 1.43. The minimum atomic E-state index is -0.495. The zero-order chi connectivity index (χ0) is 10.1. The average molecular weight is 184 g/mol. The van der Waals surface area contributed by atoms with Crippen molar-refractivity contribution in [1.82, 2.24) is 10.3 Å². The quantitative estimate of drug-likeness (QED) is 0.667. The zero-order valence-corrected chi connectivity index (χ0v) is 7.79. The first kappa shape index (κ1) is 9.50. The first-order chi connectivity index (χ1) is 5.91. The number of hydrogen-bond acceptors (Lipinski definition) is 5. The van der Waals surface area contributed by atoms with Crippen molar-refractivity contribution in [1.29, 1.82) is 0 Å². The largest absolute Gasteiger partial charge is 0.378 e. The molecule has 13 heavy (non-hydrogen) atoms. The lowest BCUT2D eigenvalue weighted by Gasteiger charge is -2.15. The summed E-state index contributed by atoms with van der Waals surface area (Å²) in [5.41, 5.74) is 4.86. The fourth-order valence-corrected chi connectivity index (χ4v) is 0.577. The Hall–Kier alpha value is -1.59. The number of aromatic nitrogens is 2. The summed E-state index contributed by atoms with van der Waals surface area (Å²) in [4.78, 5) is 11.4. The molecule has 6 heteroatoms. The lowest BCUT2D eigenvalue weighted by Crippen LogP contribution is -2.28. The molecule has 0 unspecified atom stereocenters. The van der Waals surface area contributed by atoms with Crippen LogP contribution < -0.4 is 11.1 Å². The Labute approximate surface area is 75.4 Å². The topological polar surface area (TPSA) is 94.0 Å². The lowest BCUT2D eigenvalue weighted by atomic mass is 9.96. The minimum absolute atomic E-state index is 0.0811. The Kier molecular flexibility index (Phi) is 2.22. The van der Waals surface area contributed by atoms with E-state index in [0.717, 1.165) is 0 Å². The Bertz CT molecular complexity index is 313. The van der Waals surface area contributed by atoms with Crippen molar-refractivity contribution >= 4 is 17.5 Å². The maximum Gasteiger partial charge on any atom is 0.231 e. The third-order valence-corrected chi connectivity index (χ3v) is 1.43. The Morgan fingerprint density at radius 3 is 2.46 bits per heavy atom. The maximum atomic E-state index is 11.4. The number of nitrogens with zero attached hydrogens (tertiary/aromatic N) is 2. The number of nitrogens with one attached hydrogen (secondary N) is 1. The number of amides is 1. The fourth-order valence-electron chi connectivity index (χ4n) is 0.577. The van der Waals surface area contributed by atoms with Gasteiger partial charge in [0.2, 0.25) is 17.5 Å². The summed E-state index contributed by atoms with van der Waals surface area (Å²) >= 11 is 0. The van der Waals surface area contributed by atoms with Crippen LogP contribution in [0.3, 0.4) is 0 Å². The molecule has 1 heterocycles. The van der Waals surface area contributed by atoms with Crippen LogP contribution in [0.25, 0.3) is 0 Å². The molecule has 0 aliphatic carbocycles. The molecule has 0 saturated heterocycles. The van der Waals surface area contributed by atoms with Gasteiger partial charge in [0.15, 0.2) is 0 Å². The molecular weight excluding hydrogens is 172 g/mol. The van der Waals surface area contributed by atoms with Gasteiger partial charge in [-0.25, -0.2) is 4.63 Å². The molecule has 0 saturated carbocycles. The molecule has 3 N–H and O–H groups in total.